The number of thiazole rings is 1. The molecule has 11 heteroatoms. The van der Waals surface area contributed by atoms with E-state index < -0.39 is 16.1 Å². The molecule has 2 aromatic rings. The highest BCUT2D eigenvalue weighted by atomic mass is 32.2. The van der Waals surface area contributed by atoms with Crippen molar-refractivity contribution >= 4 is 50.0 Å². The molecule has 3 rings (SSSR count). The van der Waals surface area contributed by atoms with E-state index in [1.165, 1.54) is 24.6 Å². The molecule has 0 fully saturated rings. The van der Waals surface area contributed by atoms with Crippen LogP contribution in [0.1, 0.15) is 11.3 Å². The molecule has 2 amide bonds. The van der Waals surface area contributed by atoms with E-state index in [0.29, 0.717) is 10.7 Å². The first-order valence-electron chi connectivity index (χ1n) is 7.54. The van der Waals surface area contributed by atoms with Crippen LogP contribution in [-0.4, -0.2) is 37.9 Å². The Hall–Kier alpha value is -2.79. The van der Waals surface area contributed by atoms with Gasteiger partial charge in [-0.25, -0.2) is 18.2 Å². The first kappa shape index (κ1) is 18.0. The van der Waals surface area contributed by atoms with E-state index in [-0.39, 0.29) is 16.1 Å². The molecule has 0 unspecified atom stereocenters. The zero-order valence-corrected chi connectivity index (χ0v) is 15.6. The largest absolute Gasteiger partial charge is 0.325 e. The smallest absolute Gasteiger partial charge is 0.320 e. The van der Waals surface area contributed by atoms with Gasteiger partial charge in [0.2, 0.25) is 0 Å². The number of nitrogens with zero attached hydrogens (tertiary/aromatic N) is 3. The van der Waals surface area contributed by atoms with Crippen molar-refractivity contribution in [3.05, 3.63) is 35.5 Å². The minimum Gasteiger partial charge on any atom is -0.325 e. The third kappa shape index (κ3) is 4.24. The van der Waals surface area contributed by atoms with Crippen molar-refractivity contribution < 1.29 is 13.2 Å². The Balaban J connectivity index is 1.69. The van der Waals surface area contributed by atoms with Gasteiger partial charge < -0.3 is 5.32 Å². The van der Waals surface area contributed by atoms with Gasteiger partial charge in [-0.3, -0.25) is 10.0 Å². The van der Waals surface area contributed by atoms with E-state index in [1.807, 2.05) is 6.92 Å². The normalized spacial score (nSPS) is 13.8. The maximum Gasteiger partial charge on any atom is 0.320 e. The highest BCUT2D eigenvalue weighted by Crippen LogP contribution is 2.29. The van der Waals surface area contributed by atoms with E-state index in [0.717, 1.165) is 16.9 Å². The molecule has 136 valence electrons. The number of benzene rings is 1. The topological polar surface area (TPSA) is 125 Å². The second kappa shape index (κ2) is 7.22. The molecule has 0 spiro atoms. The molecular formula is C15H16N6O3S2. The van der Waals surface area contributed by atoms with Crippen molar-refractivity contribution in [2.75, 3.05) is 10.0 Å². The lowest BCUT2D eigenvalue weighted by Gasteiger charge is -2.07. The van der Waals surface area contributed by atoms with E-state index >= 15 is 0 Å². The van der Waals surface area contributed by atoms with Crippen molar-refractivity contribution in [1.29, 1.82) is 0 Å². The number of sulfonamides is 1. The molecule has 1 aliphatic heterocycles. The van der Waals surface area contributed by atoms with Crippen molar-refractivity contribution in [2.24, 2.45) is 10.2 Å². The number of carbonyl (C=O) groups excluding carboxylic acids is 1. The Bertz CT molecular complexity index is 967. The Morgan fingerprint density at radius 2 is 1.77 bits per heavy atom. The van der Waals surface area contributed by atoms with Gasteiger partial charge in [0.05, 0.1) is 23.0 Å². The summed E-state index contributed by atoms with van der Waals surface area (Å²) in [7, 11) is -3.75. The van der Waals surface area contributed by atoms with Crippen molar-refractivity contribution in [1.82, 2.24) is 10.3 Å². The van der Waals surface area contributed by atoms with Gasteiger partial charge in [-0.05, 0) is 26.0 Å². The van der Waals surface area contributed by atoms with E-state index in [2.05, 4.69) is 30.5 Å². The van der Waals surface area contributed by atoms with Gasteiger partial charge in [0.15, 0.2) is 5.13 Å². The number of aromatic nitrogens is 1. The fraction of sp³-hybridized carbons (Fsp3) is 0.200. The fourth-order valence-corrected chi connectivity index (χ4v) is 4.17. The number of amides is 2. The predicted octanol–water partition coefficient (Wildman–Crippen LogP) is 2.12. The molecule has 0 radical (unpaired) electrons. The van der Waals surface area contributed by atoms with Gasteiger partial charge in [-0.1, -0.05) is 29.0 Å². The number of carbonyl (C=O) groups is 1. The van der Waals surface area contributed by atoms with Crippen LogP contribution in [0.25, 0.3) is 0 Å². The van der Waals surface area contributed by atoms with Gasteiger partial charge >= 0.3 is 6.03 Å². The lowest BCUT2D eigenvalue weighted by molar-refractivity contribution is 0.252. The predicted molar refractivity (Wildman–Crippen MR) is 102 cm³/mol. The number of hydrogen-bond donors (Lipinski definition) is 3. The molecular weight excluding hydrogens is 376 g/mol. The lowest BCUT2D eigenvalue weighted by Crippen LogP contribution is -2.38. The zero-order chi connectivity index (χ0) is 18.7. The number of aryl methyl sites for hydroxylation is 2. The van der Waals surface area contributed by atoms with Crippen LogP contribution < -0.4 is 15.4 Å². The number of nitrogens with one attached hydrogen (secondary N) is 3. The summed E-state index contributed by atoms with van der Waals surface area (Å²) in [4.78, 5) is 16.3. The van der Waals surface area contributed by atoms with Crippen LogP contribution in [0.3, 0.4) is 0 Å². The summed E-state index contributed by atoms with van der Waals surface area (Å²) in [5.74, 6) is 0. The van der Waals surface area contributed by atoms with Gasteiger partial charge in [0.1, 0.15) is 11.0 Å². The van der Waals surface area contributed by atoms with Gasteiger partial charge in [0.25, 0.3) is 10.0 Å². The summed E-state index contributed by atoms with van der Waals surface area (Å²) in [5.41, 5.74) is 1.46. The minimum absolute atomic E-state index is 0.142. The number of rotatable bonds is 5. The van der Waals surface area contributed by atoms with Gasteiger partial charge in [-0.2, -0.15) is 10.2 Å². The van der Waals surface area contributed by atoms with Crippen LogP contribution in [0.2, 0.25) is 0 Å². The highest BCUT2D eigenvalue weighted by molar-refractivity contribution is 7.93. The zero-order valence-electron chi connectivity index (χ0n) is 13.9. The maximum absolute atomic E-state index is 12.4. The quantitative estimate of drug-likeness (QED) is 0.721. The molecule has 1 aromatic carbocycles. The van der Waals surface area contributed by atoms with Crippen LogP contribution in [0.5, 0.6) is 0 Å². The molecule has 0 aliphatic carbocycles. The standard InChI is InChI=1S/C15H16N6O3S2/c1-9-3-5-12(6-4-9)26(23,24)21-15-18-10(2)13(25-15)20-14(22)19-11-7-16-17-8-11/h3-8,11H,1-2H3,(H,18,21)(H2,19,20,22). The number of urea groups is 1. The Kier molecular flexibility index (Phi) is 5.00. The summed E-state index contributed by atoms with van der Waals surface area (Å²) >= 11 is 1.03. The third-order valence-corrected chi connectivity index (χ3v) is 5.87. The van der Waals surface area contributed by atoms with Crippen molar-refractivity contribution in [3.63, 3.8) is 0 Å². The summed E-state index contributed by atoms with van der Waals surface area (Å²) in [6, 6.07) is 5.64. The van der Waals surface area contributed by atoms with Crippen LogP contribution in [0.15, 0.2) is 39.4 Å². The molecule has 0 saturated carbocycles. The Labute approximate surface area is 154 Å². The Morgan fingerprint density at radius 3 is 2.42 bits per heavy atom. The second-order valence-corrected chi connectivity index (χ2v) is 8.19. The first-order valence-corrected chi connectivity index (χ1v) is 9.84. The molecule has 26 heavy (non-hydrogen) atoms. The average molecular weight is 392 g/mol. The molecule has 1 aliphatic rings. The second-order valence-electron chi connectivity index (χ2n) is 5.51. The van der Waals surface area contributed by atoms with Crippen LogP contribution in [0, 0.1) is 13.8 Å². The maximum atomic E-state index is 12.4. The molecule has 9 nitrogen and oxygen atoms in total. The fourth-order valence-electron chi connectivity index (χ4n) is 2.07. The van der Waals surface area contributed by atoms with E-state index in [9.17, 15) is 13.2 Å². The number of anilines is 2. The molecule has 2 heterocycles. The monoisotopic (exact) mass is 392 g/mol. The van der Waals surface area contributed by atoms with Crippen molar-refractivity contribution in [2.45, 2.75) is 24.8 Å². The summed E-state index contributed by atoms with van der Waals surface area (Å²) < 4.78 is 27.3. The first-order chi connectivity index (χ1) is 12.3. The molecule has 1 aromatic heterocycles. The van der Waals surface area contributed by atoms with E-state index in [4.69, 9.17) is 0 Å². The number of hydrogen-bond acceptors (Lipinski definition) is 7. The van der Waals surface area contributed by atoms with E-state index in [1.54, 1.807) is 19.1 Å². The summed E-state index contributed by atoms with van der Waals surface area (Å²) in [5, 5.41) is 13.2. The molecule has 0 atom stereocenters. The van der Waals surface area contributed by atoms with Crippen LogP contribution >= 0.6 is 11.3 Å². The lowest BCUT2D eigenvalue weighted by atomic mass is 10.2. The molecule has 0 bridgehead atoms. The highest BCUT2D eigenvalue weighted by Gasteiger charge is 2.19. The Morgan fingerprint density at radius 1 is 1.12 bits per heavy atom. The van der Waals surface area contributed by atoms with Crippen LogP contribution in [0.4, 0.5) is 14.9 Å². The van der Waals surface area contributed by atoms with Gasteiger partial charge in [0, 0.05) is 0 Å². The minimum atomic E-state index is -3.75. The van der Waals surface area contributed by atoms with Crippen LogP contribution in [-0.2, 0) is 10.0 Å². The average Bonchev–Trinajstić information content (AvgIpc) is 3.17. The summed E-state index contributed by atoms with van der Waals surface area (Å²) in [6.07, 6.45) is 2.97. The third-order valence-electron chi connectivity index (χ3n) is 3.40. The molecule has 0 saturated heterocycles. The molecule has 3 N–H and O–H groups in total. The van der Waals surface area contributed by atoms with Gasteiger partial charge in [-0.15, -0.1) is 0 Å². The summed E-state index contributed by atoms with van der Waals surface area (Å²) in [6.45, 7) is 3.55. The van der Waals surface area contributed by atoms with Crippen molar-refractivity contribution in [3.8, 4) is 0 Å². The SMILES string of the molecule is Cc1ccc(S(=O)(=O)Nc2nc(C)c(NC(=O)NC3C=NN=C3)s2)cc1.